The fourth-order valence-electron chi connectivity index (χ4n) is 2.93. The maximum absolute atomic E-state index is 5.80. The second-order valence-corrected chi connectivity index (χ2v) is 6.54. The van der Waals surface area contributed by atoms with E-state index in [9.17, 15) is 0 Å². The van der Waals surface area contributed by atoms with Crippen LogP contribution in [0.15, 0.2) is 30.6 Å². The quantitative estimate of drug-likeness (QED) is 0.940. The highest BCUT2D eigenvalue weighted by Gasteiger charge is 2.21. The molecule has 0 unspecified atom stereocenters. The van der Waals surface area contributed by atoms with E-state index in [1.54, 1.807) is 6.20 Å². The van der Waals surface area contributed by atoms with Crippen molar-refractivity contribution in [2.75, 3.05) is 24.5 Å². The topological polar surface area (TPSA) is 67.9 Å². The minimum absolute atomic E-state index is 0.369. The average molecular weight is 311 g/mol. The zero-order valence-electron chi connectivity index (χ0n) is 13.9. The fourth-order valence-corrected chi connectivity index (χ4v) is 2.93. The van der Waals surface area contributed by atoms with Gasteiger partial charge in [-0.25, -0.2) is 9.97 Å². The highest BCUT2D eigenvalue weighted by Crippen LogP contribution is 2.26. The Morgan fingerprint density at radius 3 is 2.65 bits per heavy atom. The number of pyridine rings is 1. The van der Waals surface area contributed by atoms with Gasteiger partial charge in [0.25, 0.3) is 0 Å². The van der Waals surface area contributed by atoms with Crippen molar-refractivity contribution in [2.45, 2.75) is 32.6 Å². The van der Waals surface area contributed by atoms with Crippen LogP contribution >= 0.6 is 0 Å². The second kappa shape index (κ2) is 7.04. The number of nitrogens with two attached hydrogens (primary N) is 1. The van der Waals surface area contributed by atoms with Crippen LogP contribution in [0.4, 0.5) is 5.82 Å². The lowest BCUT2D eigenvalue weighted by atomic mass is 9.97. The first-order valence-corrected chi connectivity index (χ1v) is 8.41. The molecule has 0 bridgehead atoms. The molecule has 1 aliphatic rings. The lowest BCUT2D eigenvalue weighted by Crippen LogP contribution is -2.36. The molecule has 0 saturated carbocycles. The summed E-state index contributed by atoms with van der Waals surface area (Å²) in [5.41, 5.74) is 7.84. The Morgan fingerprint density at radius 2 is 2.04 bits per heavy atom. The summed E-state index contributed by atoms with van der Waals surface area (Å²) in [4.78, 5) is 16.1. The van der Waals surface area contributed by atoms with Crippen LogP contribution in [0.1, 0.15) is 38.3 Å². The van der Waals surface area contributed by atoms with Gasteiger partial charge in [0.1, 0.15) is 5.82 Å². The molecule has 1 fully saturated rings. The van der Waals surface area contributed by atoms with E-state index in [1.807, 2.05) is 18.3 Å². The summed E-state index contributed by atoms with van der Waals surface area (Å²) in [7, 11) is 0. The van der Waals surface area contributed by atoms with Crippen molar-refractivity contribution in [3.63, 3.8) is 0 Å². The number of rotatable bonds is 4. The van der Waals surface area contributed by atoms with Crippen LogP contribution in [0.3, 0.4) is 0 Å². The summed E-state index contributed by atoms with van der Waals surface area (Å²) >= 11 is 0. The molecule has 0 atom stereocenters. The molecular weight excluding hydrogens is 286 g/mol. The van der Waals surface area contributed by atoms with Gasteiger partial charge in [0.15, 0.2) is 5.82 Å². The molecule has 2 aromatic heterocycles. The van der Waals surface area contributed by atoms with Gasteiger partial charge in [-0.3, -0.25) is 4.98 Å². The maximum Gasteiger partial charge on any atom is 0.163 e. The molecule has 122 valence electrons. The SMILES string of the molecule is CC(C)c1cc(N2CCC(CN)CC2)nc(-c2cccnc2)n1. The molecule has 0 amide bonds. The van der Waals surface area contributed by atoms with Crippen LogP contribution < -0.4 is 10.6 Å². The van der Waals surface area contributed by atoms with Crippen molar-refractivity contribution in [2.24, 2.45) is 11.7 Å². The van der Waals surface area contributed by atoms with E-state index in [0.29, 0.717) is 11.8 Å². The number of hydrogen-bond acceptors (Lipinski definition) is 5. The molecule has 3 rings (SSSR count). The van der Waals surface area contributed by atoms with Gasteiger partial charge in [-0.15, -0.1) is 0 Å². The molecule has 0 aliphatic carbocycles. The zero-order valence-corrected chi connectivity index (χ0v) is 13.9. The lowest BCUT2D eigenvalue weighted by molar-refractivity contribution is 0.413. The van der Waals surface area contributed by atoms with E-state index >= 15 is 0 Å². The Bertz CT molecular complexity index is 633. The van der Waals surface area contributed by atoms with Crippen molar-refractivity contribution in [1.82, 2.24) is 15.0 Å². The van der Waals surface area contributed by atoms with Gasteiger partial charge in [0.2, 0.25) is 0 Å². The molecular formula is C18H25N5. The third kappa shape index (κ3) is 3.67. The summed E-state index contributed by atoms with van der Waals surface area (Å²) in [5, 5.41) is 0. The Balaban J connectivity index is 1.92. The zero-order chi connectivity index (χ0) is 16.2. The average Bonchev–Trinajstić information content (AvgIpc) is 2.62. The first-order chi connectivity index (χ1) is 11.2. The van der Waals surface area contributed by atoms with Crippen LogP contribution in [0.25, 0.3) is 11.4 Å². The standard InChI is InChI=1S/C18H25N5/c1-13(2)16-10-17(23-8-5-14(11-19)6-9-23)22-18(21-16)15-4-3-7-20-12-15/h3-4,7,10,12-14H,5-6,8-9,11,19H2,1-2H3. The fraction of sp³-hybridized carbons (Fsp3) is 0.500. The van der Waals surface area contributed by atoms with Gasteiger partial charge in [-0.05, 0) is 43.4 Å². The van der Waals surface area contributed by atoms with Crippen molar-refractivity contribution < 1.29 is 0 Å². The van der Waals surface area contributed by atoms with E-state index in [4.69, 9.17) is 15.7 Å². The number of hydrogen-bond donors (Lipinski definition) is 1. The molecule has 5 heteroatoms. The molecule has 3 heterocycles. The summed E-state index contributed by atoms with van der Waals surface area (Å²) in [6, 6.07) is 6.07. The molecule has 23 heavy (non-hydrogen) atoms. The van der Waals surface area contributed by atoms with Crippen LogP contribution in [0.5, 0.6) is 0 Å². The second-order valence-electron chi connectivity index (χ2n) is 6.54. The van der Waals surface area contributed by atoms with Crippen molar-refractivity contribution in [3.8, 4) is 11.4 Å². The Labute approximate surface area is 138 Å². The molecule has 2 N–H and O–H groups in total. The predicted molar refractivity (Wildman–Crippen MR) is 93.3 cm³/mol. The summed E-state index contributed by atoms with van der Waals surface area (Å²) in [5.74, 6) is 2.81. The van der Waals surface area contributed by atoms with Gasteiger partial charge in [-0.2, -0.15) is 0 Å². The Hall–Kier alpha value is -2.01. The van der Waals surface area contributed by atoms with E-state index in [0.717, 1.165) is 55.4 Å². The van der Waals surface area contributed by atoms with Gasteiger partial charge >= 0.3 is 0 Å². The Kier molecular flexibility index (Phi) is 4.86. The van der Waals surface area contributed by atoms with E-state index < -0.39 is 0 Å². The monoisotopic (exact) mass is 311 g/mol. The highest BCUT2D eigenvalue weighted by molar-refractivity contribution is 5.57. The number of anilines is 1. The van der Waals surface area contributed by atoms with Crippen molar-refractivity contribution in [3.05, 3.63) is 36.3 Å². The molecule has 5 nitrogen and oxygen atoms in total. The maximum atomic E-state index is 5.80. The third-order valence-corrected chi connectivity index (χ3v) is 4.52. The Morgan fingerprint density at radius 1 is 1.26 bits per heavy atom. The van der Waals surface area contributed by atoms with Gasteiger partial charge < -0.3 is 10.6 Å². The lowest BCUT2D eigenvalue weighted by Gasteiger charge is -2.32. The van der Waals surface area contributed by atoms with Gasteiger partial charge in [0.05, 0.1) is 0 Å². The van der Waals surface area contributed by atoms with E-state index in [-0.39, 0.29) is 0 Å². The highest BCUT2D eigenvalue weighted by atomic mass is 15.2. The van der Waals surface area contributed by atoms with Crippen LogP contribution in [0, 0.1) is 5.92 Å². The van der Waals surface area contributed by atoms with Crippen LogP contribution in [0.2, 0.25) is 0 Å². The first kappa shape index (κ1) is 15.9. The number of piperidine rings is 1. The minimum atomic E-state index is 0.369. The summed E-state index contributed by atoms with van der Waals surface area (Å²) in [6.45, 7) is 7.15. The summed E-state index contributed by atoms with van der Waals surface area (Å²) in [6.07, 6.45) is 5.87. The molecule has 0 spiro atoms. The molecule has 0 aromatic carbocycles. The van der Waals surface area contributed by atoms with Crippen molar-refractivity contribution in [1.29, 1.82) is 0 Å². The number of aromatic nitrogens is 3. The normalized spacial score (nSPS) is 16.1. The molecule has 0 radical (unpaired) electrons. The molecule has 1 saturated heterocycles. The molecule has 2 aromatic rings. The van der Waals surface area contributed by atoms with Crippen molar-refractivity contribution >= 4 is 5.82 Å². The summed E-state index contributed by atoms with van der Waals surface area (Å²) < 4.78 is 0. The van der Waals surface area contributed by atoms with Crippen LogP contribution in [-0.2, 0) is 0 Å². The molecule has 1 aliphatic heterocycles. The van der Waals surface area contributed by atoms with Gasteiger partial charge in [-0.1, -0.05) is 13.8 Å². The third-order valence-electron chi connectivity index (χ3n) is 4.52. The minimum Gasteiger partial charge on any atom is -0.356 e. The van der Waals surface area contributed by atoms with Crippen LogP contribution in [-0.4, -0.2) is 34.6 Å². The first-order valence-electron chi connectivity index (χ1n) is 8.41. The predicted octanol–water partition coefficient (Wildman–Crippen LogP) is 2.84. The number of nitrogens with zero attached hydrogens (tertiary/aromatic N) is 4. The smallest absolute Gasteiger partial charge is 0.163 e. The largest absolute Gasteiger partial charge is 0.356 e. The van der Waals surface area contributed by atoms with Gasteiger partial charge in [0, 0.05) is 42.8 Å². The van der Waals surface area contributed by atoms with E-state index in [1.165, 1.54) is 0 Å². The van der Waals surface area contributed by atoms with E-state index in [2.05, 4.69) is 29.8 Å².